The van der Waals surface area contributed by atoms with E-state index in [-0.39, 0.29) is 18.0 Å². The lowest BCUT2D eigenvalue weighted by Crippen LogP contribution is -2.49. The van der Waals surface area contributed by atoms with Gasteiger partial charge in [-0.05, 0) is 18.2 Å². The summed E-state index contributed by atoms with van der Waals surface area (Å²) in [7, 11) is 1.65. The number of carbonyl (C=O) groups is 1. The Labute approximate surface area is 189 Å². The summed E-state index contributed by atoms with van der Waals surface area (Å²) in [5.41, 5.74) is 1.35. The zero-order chi connectivity index (χ0) is 22.8. The molecule has 5 rings (SSSR count). The first-order valence-electron chi connectivity index (χ1n) is 10.5. The van der Waals surface area contributed by atoms with Gasteiger partial charge in [0.15, 0.2) is 17.6 Å². The molecule has 1 amide bonds. The van der Waals surface area contributed by atoms with Crippen LogP contribution in [0, 0.1) is 0 Å². The number of aromatic nitrogens is 4. The lowest BCUT2D eigenvalue weighted by molar-refractivity contribution is -0.128. The Morgan fingerprint density at radius 1 is 1.09 bits per heavy atom. The van der Waals surface area contributed by atoms with Crippen molar-refractivity contribution in [2.24, 2.45) is 7.05 Å². The molecule has 2 aliphatic heterocycles. The number of amides is 1. The average Bonchev–Trinajstić information content (AvgIpc) is 2.86. The molecule has 2 aromatic heterocycles. The quantitative estimate of drug-likeness (QED) is 0.617. The number of ether oxygens (including phenoxy) is 3. The Morgan fingerprint density at radius 3 is 2.76 bits per heavy atom. The number of benzene rings is 1. The molecule has 0 radical (unpaired) electrons. The third-order valence-electron chi connectivity index (χ3n) is 5.41. The van der Waals surface area contributed by atoms with E-state index in [9.17, 15) is 9.59 Å². The molecule has 1 N–H and O–H groups in total. The van der Waals surface area contributed by atoms with Crippen LogP contribution >= 0.6 is 0 Å². The van der Waals surface area contributed by atoms with Gasteiger partial charge >= 0.3 is 0 Å². The fraction of sp³-hybridized carbons (Fsp3) is 0.318. The van der Waals surface area contributed by atoms with Gasteiger partial charge in [-0.25, -0.2) is 15.0 Å². The molecule has 2 aliphatic rings. The van der Waals surface area contributed by atoms with Gasteiger partial charge < -0.3 is 24.4 Å². The molecule has 4 heterocycles. The summed E-state index contributed by atoms with van der Waals surface area (Å²) in [6.07, 6.45) is 2.25. The Kier molecular flexibility index (Phi) is 5.61. The maximum absolute atomic E-state index is 12.9. The smallest absolute Gasteiger partial charge is 0.255 e. The second-order valence-electron chi connectivity index (χ2n) is 7.59. The van der Waals surface area contributed by atoms with E-state index in [1.807, 2.05) is 4.90 Å². The number of fused-ring (bicyclic) bond motifs is 1. The number of anilines is 2. The van der Waals surface area contributed by atoms with Crippen molar-refractivity contribution in [1.82, 2.24) is 19.5 Å². The third-order valence-corrected chi connectivity index (χ3v) is 5.41. The topological polar surface area (TPSA) is 121 Å². The molecule has 1 aromatic carbocycles. The van der Waals surface area contributed by atoms with E-state index in [1.54, 1.807) is 37.5 Å². The third kappa shape index (κ3) is 4.35. The number of hydrogen-bond acceptors (Lipinski definition) is 9. The van der Waals surface area contributed by atoms with E-state index in [1.165, 1.54) is 17.0 Å². The second-order valence-corrected chi connectivity index (χ2v) is 7.59. The van der Waals surface area contributed by atoms with Crippen LogP contribution in [-0.2, 0) is 16.6 Å². The number of hydrogen-bond donors (Lipinski definition) is 1. The minimum atomic E-state index is -0.744. The summed E-state index contributed by atoms with van der Waals surface area (Å²) in [5, 5.41) is 2.86. The Hall–Kier alpha value is -3.99. The molecule has 0 spiro atoms. The van der Waals surface area contributed by atoms with Gasteiger partial charge in [-0.3, -0.25) is 14.2 Å². The molecule has 0 aliphatic carbocycles. The minimum absolute atomic E-state index is 0.225. The van der Waals surface area contributed by atoms with Crippen molar-refractivity contribution >= 4 is 17.5 Å². The molecular formula is C22H22N6O5. The van der Waals surface area contributed by atoms with E-state index in [4.69, 9.17) is 14.2 Å². The summed E-state index contributed by atoms with van der Waals surface area (Å²) in [6, 6.07) is 8.36. The van der Waals surface area contributed by atoms with Crippen LogP contribution in [0.5, 0.6) is 11.5 Å². The number of rotatable bonds is 4. The molecule has 11 nitrogen and oxygen atoms in total. The predicted octanol–water partition coefficient (Wildman–Crippen LogP) is 0.852. The van der Waals surface area contributed by atoms with Crippen LogP contribution in [0.4, 0.5) is 11.6 Å². The summed E-state index contributed by atoms with van der Waals surface area (Å²) >= 11 is 0. The SMILES string of the molecule is Cn1c(N2CCOC(C(=O)Nc3ccc4c(c3)OCCO4)C2)nc(-c2ccncn2)cc1=O. The van der Waals surface area contributed by atoms with Gasteiger partial charge in [0.25, 0.3) is 11.5 Å². The van der Waals surface area contributed by atoms with Gasteiger partial charge in [0, 0.05) is 37.6 Å². The van der Waals surface area contributed by atoms with E-state index in [0.29, 0.717) is 60.9 Å². The normalized spacial score (nSPS) is 17.5. The number of carbonyl (C=O) groups excluding carboxylic acids is 1. The molecule has 1 fully saturated rings. The van der Waals surface area contributed by atoms with E-state index >= 15 is 0 Å². The lowest BCUT2D eigenvalue weighted by atomic mass is 10.2. The molecule has 1 unspecified atom stereocenters. The highest BCUT2D eigenvalue weighted by atomic mass is 16.6. The average molecular weight is 450 g/mol. The highest BCUT2D eigenvalue weighted by Gasteiger charge is 2.29. The van der Waals surface area contributed by atoms with Crippen molar-refractivity contribution in [2.75, 3.05) is 43.1 Å². The summed E-state index contributed by atoms with van der Waals surface area (Å²) in [5.74, 6) is 1.38. The van der Waals surface area contributed by atoms with Gasteiger partial charge in [-0.1, -0.05) is 0 Å². The first-order chi connectivity index (χ1) is 16.1. The van der Waals surface area contributed by atoms with E-state index < -0.39 is 6.10 Å². The van der Waals surface area contributed by atoms with Gasteiger partial charge in [-0.15, -0.1) is 0 Å². The molecule has 1 atom stereocenters. The molecule has 1 saturated heterocycles. The van der Waals surface area contributed by atoms with Gasteiger partial charge in [-0.2, -0.15) is 0 Å². The van der Waals surface area contributed by atoms with Gasteiger partial charge in [0.1, 0.15) is 19.5 Å². The zero-order valence-electron chi connectivity index (χ0n) is 17.9. The first-order valence-corrected chi connectivity index (χ1v) is 10.5. The minimum Gasteiger partial charge on any atom is -0.486 e. The highest BCUT2D eigenvalue weighted by molar-refractivity contribution is 5.95. The lowest BCUT2D eigenvalue weighted by Gasteiger charge is -2.33. The maximum atomic E-state index is 12.9. The summed E-state index contributed by atoms with van der Waals surface area (Å²) in [4.78, 5) is 40.1. The molecule has 11 heteroatoms. The van der Waals surface area contributed by atoms with Crippen molar-refractivity contribution in [3.63, 3.8) is 0 Å². The molecule has 3 aromatic rings. The summed E-state index contributed by atoms with van der Waals surface area (Å²) in [6.45, 7) is 2.00. The van der Waals surface area contributed by atoms with Crippen LogP contribution in [0.1, 0.15) is 0 Å². The fourth-order valence-electron chi connectivity index (χ4n) is 3.72. The van der Waals surface area contributed by atoms with Crippen molar-refractivity contribution < 1.29 is 19.0 Å². The predicted molar refractivity (Wildman–Crippen MR) is 119 cm³/mol. The first kappa shape index (κ1) is 20.9. The Morgan fingerprint density at radius 2 is 1.94 bits per heavy atom. The Bertz CT molecular complexity index is 1230. The standard InChI is InChI=1S/C22H22N6O5/c1-27-20(29)11-16(15-4-5-23-13-24-15)26-22(27)28-6-7-31-19(12-28)21(30)25-14-2-3-17-18(10-14)33-9-8-32-17/h2-5,10-11,13,19H,6-9,12H2,1H3,(H,25,30). The number of nitrogens with one attached hydrogen (secondary N) is 1. The molecule has 170 valence electrons. The molecule has 0 saturated carbocycles. The van der Waals surface area contributed by atoms with E-state index in [2.05, 4.69) is 20.3 Å². The van der Waals surface area contributed by atoms with Crippen LogP contribution in [0.25, 0.3) is 11.4 Å². The van der Waals surface area contributed by atoms with Crippen LogP contribution in [0.3, 0.4) is 0 Å². The maximum Gasteiger partial charge on any atom is 0.255 e. The largest absolute Gasteiger partial charge is 0.486 e. The van der Waals surface area contributed by atoms with Crippen molar-refractivity contribution in [3.8, 4) is 22.9 Å². The molecular weight excluding hydrogens is 428 g/mol. The molecule has 33 heavy (non-hydrogen) atoms. The van der Waals surface area contributed by atoms with Crippen LogP contribution in [0.2, 0.25) is 0 Å². The van der Waals surface area contributed by atoms with Crippen LogP contribution < -0.4 is 25.2 Å². The van der Waals surface area contributed by atoms with Crippen LogP contribution in [-0.4, -0.2) is 64.4 Å². The summed E-state index contributed by atoms with van der Waals surface area (Å²) < 4.78 is 18.3. The van der Waals surface area contributed by atoms with Crippen molar-refractivity contribution in [2.45, 2.75) is 6.10 Å². The van der Waals surface area contributed by atoms with Crippen molar-refractivity contribution in [1.29, 1.82) is 0 Å². The zero-order valence-corrected chi connectivity index (χ0v) is 17.9. The van der Waals surface area contributed by atoms with E-state index in [0.717, 1.165) is 0 Å². The molecule has 0 bridgehead atoms. The monoisotopic (exact) mass is 450 g/mol. The second kappa shape index (κ2) is 8.87. The Balaban J connectivity index is 1.34. The highest BCUT2D eigenvalue weighted by Crippen LogP contribution is 2.32. The van der Waals surface area contributed by atoms with Crippen LogP contribution in [0.15, 0.2) is 47.7 Å². The number of morpholine rings is 1. The van der Waals surface area contributed by atoms with Crippen molar-refractivity contribution in [3.05, 3.63) is 53.2 Å². The number of nitrogens with zero attached hydrogens (tertiary/aromatic N) is 5. The van der Waals surface area contributed by atoms with Gasteiger partial charge in [0.05, 0.1) is 24.5 Å². The fourth-order valence-corrected chi connectivity index (χ4v) is 3.72. The van der Waals surface area contributed by atoms with Gasteiger partial charge in [0.2, 0.25) is 5.95 Å².